The molecule has 0 bridgehead atoms. The highest BCUT2D eigenvalue weighted by Gasteiger charge is 2.14. The molecule has 0 saturated heterocycles. The first-order valence-corrected chi connectivity index (χ1v) is 7.58. The number of nitrogens with zero attached hydrogens (tertiary/aromatic N) is 1. The maximum Gasteiger partial charge on any atom is 0.329 e. The standard InChI is InChI=1S/C15H16Cl2N2O2/c1-2-3-4-8-19-14(20)12(13(17)18-15(19)21)10-6-5-7-11(16)9-10/h5-7,9H,2-4,8H2,1H3,(H,18,21). The first-order chi connectivity index (χ1) is 10.0. The van der Waals surface area contributed by atoms with Gasteiger partial charge in [0.15, 0.2) is 0 Å². The van der Waals surface area contributed by atoms with Crippen molar-refractivity contribution < 1.29 is 0 Å². The average Bonchev–Trinajstić information content (AvgIpc) is 2.42. The van der Waals surface area contributed by atoms with E-state index in [4.69, 9.17) is 23.2 Å². The van der Waals surface area contributed by atoms with E-state index in [9.17, 15) is 9.59 Å². The third-order valence-corrected chi connectivity index (χ3v) is 3.76. The Morgan fingerprint density at radius 2 is 1.95 bits per heavy atom. The van der Waals surface area contributed by atoms with E-state index < -0.39 is 5.69 Å². The number of rotatable bonds is 5. The lowest BCUT2D eigenvalue weighted by atomic mass is 10.1. The lowest BCUT2D eigenvalue weighted by Gasteiger charge is -2.09. The second-order valence-electron chi connectivity index (χ2n) is 4.79. The number of nitrogens with one attached hydrogen (secondary N) is 1. The summed E-state index contributed by atoms with van der Waals surface area (Å²) < 4.78 is 1.19. The number of hydrogen-bond acceptors (Lipinski definition) is 2. The van der Waals surface area contributed by atoms with Gasteiger partial charge in [-0.1, -0.05) is 55.1 Å². The number of hydrogen-bond donors (Lipinski definition) is 1. The maximum absolute atomic E-state index is 12.5. The predicted octanol–water partition coefficient (Wildman–Crippen LogP) is 3.70. The SMILES string of the molecule is CCCCCn1c(=O)[nH]c(Cl)c(-c2cccc(Cl)c2)c1=O. The average molecular weight is 327 g/mol. The van der Waals surface area contributed by atoms with Crippen molar-refractivity contribution in [3.05, 3.63) is 55.3 Å². The molecule has 1 heterocycles. The van der Waals surface area contributed by atoms with Crippen LogP contribution >= 0.6 is 23.2 Å². The van der Waals surface area contributed by atoms with Crippen molar-refractivity contribution >= 4 is 23.2 Å². The van der Waals surface area contributed by atoms with Gasteiger partial charge in [-0.05, 0) is 24.1 Å². The molecule has 4 nitrogen and oxygen atoms in total. The third-order valence-electron chi connectivity index (χ3n) is 3.24. The van der Waals surface area contributed by atoms with Crippen molar-refractivity contribution in [3.63, 3.8) is 0 Å². The van der Waals surface area contributed by atoms with Crippen LogP contribution in [0.5, 0.6) is 0 Å². The Kier molecular flexibility index (Phi) is 5.26. The minimum Gasteiger partial charge on any atom is -0.297 e. The molecule has 112 valence electrons. The summed E-state index contributed by atoms with van der Waals surface area (Å²) in [4.78, 5) is 27.0. The van der Waals surface area contributed by atoms with Gasteiger partial charge in [0.05, 0.1) is 5.56 Å². The molecule has 21 heavy (non-hydrogen) atoms. The van der Waals surface area contributed by atoms with Crippen molar-refractivity contribution in [1.29, 1.82) is 0 Å². The number of benzene rings is 1. The Bertz CT molecular complexity index is 750. The Morgan fingerprint density at radius 1 is 1.19 bits per heavy atom. The minimum absolute atomic E-state index is 0.0407. The van der Waals surface area contributed by atoms with Crippen LogP contribution in [0, 0.1) is 0 Å². The summed E-state index contributed by atoms with van der Waals surface area (Å²) in [6, 6.07) is 6.84. The van der Waals surface area contributed by atoms with Crippen LogP contribution in [0.4, 0.5) is 0 Å². The second-order valence-corrected chi connectivity index (χ2v) is 5.61. The Hall–Kier alpha value is -1.52. The molecule has 0 amide bonds. The van der Waals surface area contributed by atoms with E-state index in [1.165, 1.54) is 4.57 Å². The molecule has 0 atom stereocenters. The number of halogens is 2. The van der Waals surface area contributed by atoms with Gasteiger partial charge in [0, 0.05) is 11.6 Å². The molecule has 0 aliphatic carbocycles. The lowest BCUT2D eigenvalue weighted by Crippen LogP contribution is -2.36. The first-order valence-electron chi connectivity index (χ1n) is 6.83. The molecular formula is C15H16Cl2N2O2. The highest BCUT2D eigenvalue weighted by Crippen LogP contribution is 2.24. The summed E-state index contributed by atoms with van der Waals surface area (Å²) in [5, 5.41) is 0.547. The molecule has 0 aliphatic heterocycles. The fourth-order valence-corrected chi connectivity index (χ4v) is 2.62. The van der Waals surface area contributed by atoms with E-state index in [1.54, 1.807) is 24.3 Å². The van der Waals surface area contributed by atoms with Crippen molar-refractivity contribution in [2.75, 3.05) is 0 Å². The van der Waals surface area contributed by atoms with Gasteiger partial charge in [0.2, 0.25) is 0 Å². The zero-order valence-corrected chi connectivity index (χ0v) is 13.2. The molecule has 6 heteroatoms. The Labute approximate surface area is 132 Å². The summed E-state index contributed by atoms with van der Waals surface area (Å²) in [5.74, 6) is 0. The fraction of sp³-hybridized carbons (Fsp3) is 0.333. The van der Waals surface area contributed by atoms with Crippen molar-refractivity contribution in [1.82, 2.24) is 9.55 Å². The van der Waals surface area contributed by atoms with Crippen LogP contribution in [0.1, 0.15) is 26.2 Å². The number of H-pyrrole nitrogens is 1. The van der Waals surface area contributed by atoms with Gasteiger partial charge < -0.3 is 0 Å². The first kappa shape index (κ1) is 15.9. The molecule has 1 N–H and O–H groups in total. The van der Waals surface area contributed by atoms with E-state index in [1.807, 2.05) is 0 Å². The van der Waals surface area contributed by atoms with Crippen LogP contribution in [-0.4, -0.2) is 9.55 Å². The van der Waals surface area contributed by atoms with Crippen LogP contribution in [0.25, 0.3) is 11.1 Å². The van der Waals surface area contributed by atoms with Crippen LogP contribution in [-0.2, 0) is 6.54 Å². The van der Waals surface area contributed by atoms with Crippen LogP contribution in [0.3, 0.4) is 0 Å². The van der Waals surface area contributed by atoms with Crippen molar-refractivity contribution in [2.24, 2.45) is 0 Å². The molecule has 0 radical (unpaired) electrons. The smallest absolute Gasteiger partial charge is 0.297 e. The van der Waals surface area contributed by atoms with Gasteiger partial charge in [-0.15, -0.1) is 0 Å². The third kappa shape index (κ3) is 3.57. The maximum atomic E-state index is 12.5. The van der Waals surface area contributed by atoms with E-state index in [0.717, 1.165) is 19.3 Å². The second kappa shape index (κ2) is 6.96. The Morgan fingerprint density at radius 3 is 2.62 bits per heavy atom. The molecule has 1 aromatic heterocycles. The lowest BCUT2D eigenvalue weighted by molar-refractivity contribution is 0.564. The largest absolute Gasteiger partial charge is 0.329 e. The molecule has 0 spiro atoms. The van der Waals surface area contributed by atoms with Gasteiger partial charge in [-0.25, -0.2) is 4.79 Å². The summed E-state index contributed by atoms with van der Waals surface area (Å²) in [6.45, 7) is 2.44. The van der Waals surface area contributed by atoms with Crippen LogP contribution in [0.15, 0.2) is 33.9 Å². The van der Waals surface area contributed by atoms with E-state index in [2.05, 4.69) is 11.9 Å². The van der Waals surface area contributed by atoms with E-state index in [0.29, 0.717) is 17.1 Å². The topological polar surface area (TPSA) is 54.9 Å². The van der Waals surface area contributed by atoms with Gasteiger partial charge in [-0.3, -0.25) is 14.3 Å². The highest BCUT2D eigenvalue weighted by molar-refractivity contribution is 6.32. The molecule has 0 saturated carbocycles. The summed E-state index contributed by atoms with van der Waals surface area (Å²) in [6.07, 6.45) is 2.75. The normalized spacial score (nSPS) is 10.8. The molecule has 2 rings (SSSR count). The number of unbranched alkanes of at least 4 members (excludes halogenated alkanes) is 2. The minimum atomic E-state index is -0.480. The zero-order valence-electron chi connectivity index (χ0n) is 11.7. The highest BCUT2D eigenvalue weighted by atomic mass is 35.5. The monoisotopic (exact) mass is 326 g/mol. The van der Waals surface area contributed by atoms with Crippen LogP contribution in [0.2, 0.25) is 10.2 Å². The summed E-state index contributed by atoms with van der Waals surface area (Å²) in [7, 11) is 0. The number of aromatic amines is 1. The summed E-state index contributed by atoms with van der Waals surface area (Å²) >= 11 is 12.0. The Balaban J connectivity index is 2.54. The van der Waals surface area contributed by atoms with E-state index in [-0.39, 0.29) is 16.3 Å². The van der Waals surface area contributed by atoms with Gasteiger partial charge >= 0.3 is 5.69 Å². The van der Waals surface area contributed by atoms with Gasteiger partial charge in [-0.2, -0.15) is 0 Å². The molecule has 0 fully saturated rings. The van der Waals surface area contributed by atoms with Crippen LogP contribution < -0.4 is 11.2 Å². The van der Waals surface area contributed by atoms with Gasteiger partial charge in [0.1, 0.15) is 5.15 Å². The molecule has 1 aromatic carbocycles. The predicted molar refractivity (Wildman–Crippen MR) is 86.3 cm³/mol. The molecule has 0 aliphatic rings. The molecular weight excluding hydrogens is 311 g/mol. The molecule has 0 unspecified atom stereocenters. The van der Waals surface area contributed by atoms with E-state index >= 15 is 0 Å². The summed E-state index contributed by atoms with van der Waals surface area (Å²) in [5.41, 5.74) is 0.00209. The van der Waals surface area contributed by atoms with Gasteiger partial charge in [0.25, 0.3) is 5.56 Å². The van der Waals surface area contributed by atoms with Crippen molar-refractivity contribution in [3.8, 4) is 11.1 Å². The zero-order chi connectivity index (χ0) is 15.4. The quantitative estimate of drug-likeness (QED) is 0.672. The fourth-order valence-electron chi connectivity index (χ4n) is 2.16. The molecule has 2 aromatic rings. The van der Waals surface area contributed by atoms with Crippen molar-refractivity contribution in [2.45, 2.75) is 32.7 Å². The number of aromatic nitrogens is 2.